The summed E-state index contributed by atoms with van der Waals surface area (Å²) in [5.41, 5.74) is 2.42. The monoisotopic (exact) mass is 280 g/mol. The molecule has 3 heteroatoms. The lowest BCUT2D eigenvalue weighted by Gasteiger charge is -2.38. The quantitative estimate of drug-likeness (QED) is 0.816. The van der Waals surface area contributed by atoms with Gasteiger partial charge in [-0.2, -0.15) is 0 Å². The Morgan fingerprint density at radius 3 is 2.43 bits per heavy atom. The highest BCUT2D eigenvalue weighted by atomic mass is 16.5. The zero-order valence-electron chi connectivity index (χ0n) is 12.2. The molecule has 0 radical (unpaired) electrons. The van der Waals surface area contributed by atoms with Gasteiger partial charge in [0.15, 0.2) is 0 Å². The van der Waals surface area contributed by atoms with E-state index >= 15 is 0 Å². The molecular formula is C18H20N2O. The minimum atomic E-state index is 0.173. The maximum absolute atomic E-state index is 5.69. The van der Waals surface area contributed by atoms with E-state index in [1.54, 1.807) is 0 Å². The molecule has 3 nitrogen and oxygen atoms in total. The Morgan fingerprint density at radius 2 is 1.76 bits per heavy atom. The molecule has 21 heavy (non-hydrogen) atoms. The normalized spacial score (nSPS) is 24.6. The first-order chi connectivity index (χ1) is 10.4. The molecule has 0 bridgehead atoms. The molecule has 2 N–H and O–H groups in total. The molecule has 2 aliphatic rings. The molecule has 0 spiro atoms. The first-order valence-electron chi connectivity index (χ1n) is 7.61. The van der Waals surface area contributed by atoms with E-state index in [4.69, 9.17) is 4.74 Å². The predicted octanol–water partition coefficient (Wildman–Crippen LogP) is 3.98. The molecule has 2 aromatic rings. The Labute approximate surface area is 125 Å². The Morgan fingerprint density at radius 1 is 1.05 bits per heavy atom. The standard InChI is InChI=1S/C18H20N2O/c1-21-16-11-3-2-8-13(16)18-19-14-9-4-6-12-7-5-10-15(20-18)17(12)14/h2,4-10,13,16,18-20H,3,11H2,1H3. The maximum atomic E-state index is 5.69. The van der Waals surface area contributed by atoms with E-state index in [9.17, 15) is 0 Å². The molecule has 1 heterocycles. The van der Waals surface area contributed by atoms with Crippen molar-refractivity contribution in [3.8, 4) is 0 Å². The number of hydrogen-bond donors (Lipinski definition) is 2. The summed E-state index contributed by atoms with van der Waals surface area (Å²) in [6.07, 6.45) is 7.19. The molecule has 108 valence electrons. The third-order valence-electron chi connectivity index (χ3n) is 4.62. The van der Waals surface area contributed by atoms with Crippen LogP contribution >= 0.6 is 0 Å². The topological polar surface area (TPSA) is 33.3 Å². The van der Waals surface area contributed by atoms with Crippen molar-refractivity contribution in [2.24, 2.45) is 5.92 Å². The number of methoxy groups -OCH3 is 1. The molecule has 2 atom stereocenters. The molecule has 2 unspecified atom stereocenters. The minimum Gasteiger partial charge on any atom is -0.381 e. The van der Waals surface area contributed by atoms with E-state index in [-0.39, 0.29) is 12.3 Å². The zero-order valence-corrected chi connectivity index (χ0v) is 12.2. The summed E-state index contributed by atoms with van der Waals surface area (Å²) < 4.78 is 5.69. The highest BCUT2D eigenvalue weighted by Gasteiger charge is 2.31. The van der Waals surface area contributed by atoms with Gasteiger partial charge in [-0.05, 0) is 30.4 Å². The lowest BCUT2D eigenvalue weighted by Crippen LogP contribution is -2.44. The van der Waals surface area contributed by atoms with Gasteiger partial charge in [0.05, 0.1) is 6.10 Å². The summed E-state index contributed by atoms with van der Waals surface area (Å²) in [4.78, 5) is 0. The van der Waals surface area contributed by atoms with Gasteiger partial charge in [0.2, 0.25) is 0 Å². The molecule has 0 saturated carbocycles. The Bertz CT molecular complexity index is 654. The van der Waals surface area contributed by atoms with Crippen molar-refractivity contribution in [3.05, 3.63) is 48.6 Å². The van der Waals surface area contributed by atoms with Crippen molar-refractivity contribution in [2.45, 2.75) is 25.1 Å². The summed E-state index contributed by atoms with van der Waals surface area (Å²) in [6, 6.07) is 12.9. The van der Waals surface area contributed by atoms with Crippen LogP contribution in [-0.4, -0.2) is 19.4 Å². The molecule has 4 rings (SSSR count). The van der Waals surface area contributed by atoms with Crippen LogP contribution in [0.15, 0.2) is 48.6 Å². The molecule has 0 saturated heterocycles. The molecule has 1 aliphatic heterocycles. The molecule has 0 aromatic heterocycles. The van der Waals surface area contributed by atoms with Crippen LogP contribution in [0, 0.1) is 5.92 Å². The second-order valence-corrected chi connectivity index (χ2v) is 5.83. The number of rotatable bonds is 2. The van der Waals surface area contributed by atoms with E-state index < -0.39 is 0 Å². The minimum absolute atomic E-state index is 0.173. The predicted molar refractivity (Wildman–Crippen MR) is 87.6 cm³/mol. The number of nitrogens with one attached hydrogen (secondary N) is 2. The smallest absolute Gasteiger partial charge is 0.105 e. The van der Waals surface area contributed by atoms with E-state index in [0.29, 0.717) is 5.92 Å². The molecule has 1 aliphatic carbocycles. The number of ether oxygens (including phenoxy) is 1. The fourth-order valence-electron chi connectivity index (χ4n) is 3.58. The van der Waals surface area contributed by atoms with Gasteiger partial charge in [-0.25, -0.2) is 0 Å². The third-order valence-corrected chi connectivity index (χ3v) is 4.62. The van der Waals surface area contributed by atoms with Crippen LogP contribution < -0.4 is 10.6 Å². The number of benzene rings is 2. The summed E-state index contributed by atoms with van der Waals surface area (Å²) >= 11 is 0. The largest absolute Gasteiger partial charge is 0.381 e. The van der Waals surface area contributed by atoms with E-state index in [2.05, 4.69) is 59.2 Å². The third kappa shape index (κ3) is 2.09. The highest BCUT2D eigenvalue weighted by molar-refractivity contribution is 6.04. The number of allylic oxidation sites excluding steroid dienone is 1. The van der Waals surface area contributed by atoms with Gasteiger partial charge in [-0.3, -0.25) is 0 Å². The van der Waals surface area contributed by atoms with Crippen molar-refractivity contribution in [3.63, 3.8) is 0 Å². The Kier molecular flexibility index (Phi) is 3.08. The van der Waals surface area contributed by atoms with Crippen LogP contribution in [-0.2, 0) is 4.74 Å². The molecule has 0 amide bonds. The Hall–Kier alpha value is -2.00. The van der Waals surface area contributed by atoms with Crippen LogP contribution in [0.2, 0.25) is 0 Å². The van der Waals surface area contributed by atoms with E-state index in [1.807, 2.05) is 7.11 Å². The van der Waals surface area contributed by atoms with Crippen molar-refractivity contribution in [1.82, 2.24) is 0 Å². The van der Waals surface area contributed by atoms with Gasteiger partial charge < -0.3 is 15.4 Å². The Balaban J connectivity index is 1.73. The lowest BCUT2D eigenvalue weighted by molar-refractivity contribution is 0.0543. The van der Waals surface area contributed by atoms with Gasteiger partial charge in [0, 0.05) is 29.8 Å². The summed E-state index contributed by atoms with van der Waals surface area (Å²) in [5, 5.41) is 9.86. The lowest BCUT2D eigenvalue weighted by atomic mass is 9.88. The molecule has 0 fully saturated rings. The second-order valence-electron chi connectivity index (χ2n) is 5.83. The SMILES string of the molecule is COC1CCC=CC1C1Nc2cccc3cccc(c23)N1. The van der Waals surface area contributed by atoms with Gasteiger partial charge in [0.25, 0.3) is 0 Å². The van der Waals surface area contributed by atoms with Gasteiger partial charge >= 0.3 is 0 Å². The summed E-state index contributed by atoms with van der Waals surface area (Å²) in [5.74, 6) is 0.340. The first-order valence-corrected chi connectivity index (χ1v) is 7.61. The van der Waals surface area contributed by atoms with Crippen LogP contribution in [0.25, 0.3) is 10.8 Å². The zero-order chi connectivity index (χ0) is 14.2. The highest BCUT2D eigenvalue weighted by Crippen LogP contribution is 2.37. The van der Waals surface area contributed by atoms with Gasteiger partial charge in [-0.1, -0.05) is 36.4 Å². The second kappa shape index (κ2) is 5.08. The fraction of sp³-hybridized carbons (Fsp3) is 0.333. The van der Waals surface area contributed by atoms with Gasteiger partial charge in [-0.15, -0.1) is 0 Å². The van der Waals surface area contributed by atoms with Crippen LogP contribution in [0.1, 0.15) is 12.8 Å². The van der Waals surface area contributed by atoms with Crippen molar-refractivity contribution < 1.29 is 4.74 Å². The van der Waals surface area contributed by atoms with E-state index in [1.165, 1.54) is 22.1 Å². The maximum Gasteiger partial charge on any atom is 0.105 e. The average molecular weight is 280 g/mol. The van der Waals surface area contributed by atoms with Crippen LogP contribution in [0.4, 0.5) is 11.4 Å². The van der Waals surface area contributed by atoms with Crippen molar-refractivity contribution >= 4 is 22.1 Å². The van der Waals surface area contributed by atoms with Crippen molar-refractivity contribution in [1.29, 1.82) is 0 Å². The van der Waals surface area contributed by atoms with Crippen LogP contribution in [0.5, 0.6) is 0 Å². The van der Waals surface area contributed by atoms with Crippen molar-refractivity contribution in [2.75, 3.05) is 17.7 Å². The molecular weight excluding hydrogens is 260 g/mol. The number of anilines is 2. The molecule has 2 aromatic carbocycles. The average Bonchev–Trinajstić information content (AvgIpc) is 2.55. The van der Waals surface area contributed by atoms with E-state index in [0.717, 1.165) is 12.8 Å². The summed E-state index contributed by atoms with van der Waals surface area (Å²) in [6.45, 7) is 0. The summed E-state index contributed by atoms with van der Waals surface area (Å²) in [7, 11) is 1.81. The number of hydrogen-bond acceptors (Lipinski definition) is 3. The first kappa shape index (κ1) is 12.7. The fourth-order valence-corrected chi connectivity index (χ4v) is 3.58. The van der Waals surface area contributed by atoms with Gasteiger partial charge in [0.1, 0.15) is 6.17 Å². The van der Waals surface area contributed by atoms with Crippen LogP contribution in [0.3, 0.4) is 0 Å².